The Morgan fingerprint density at radius 2 is 2.25 bits per heavy atom. The van der Waals surface area contributed by atoms with Crippen LogP contribution in [0.4, 0.5) is 0 Å². The van der Waals surface area contributed by atoms with E-state index >= 15 is 0 Å². The predicted octanol–water partition coefficient (Wildman–Crippen LogP) is 2.76. The number of ether oxygens (including phenoxy) is 1. The van der Waals surface area contributed by atoms with Crippen LogP contribution in [0.5, 0.6) is 0 Å². The average molecular weight is 285 g/mol. The molecular formula is C12H13BrO3. The Labute approximate surface area is 103 Å². The minimum absolute atomic E-state index is 0.343. The first-order valence-electron chi connectivity index (χ1n) is 5.08. The van der Waals surface area contributed by atoms with Gasteiger partial charge in [0.05, 0.1) is 12.2 Å². The van der Waals surface area contributed by atoms with Gasteiger partial charge in [0.2, 0.25) is 0 Å². The Morgan fingerprint density at radius 3 is 2.88 bits per heavy atom. The molecule has 0 heterocycles. The minimum atomic E-state index is -0.343. The van der Waals surface area contributed by atoms with Gasteiger partial charge in [-0.2, -0.15) is 0 Å². The summed E-state index contributed by atoms with van der Waals surface area (Å²) >= 11 is 3.31. The van der Waals surface area contributed by atoms with Crippen LogP contribution in [0.25, 0.3) is 0 Å². The molecule has 0 amide bonds. The van der Waals surface area contributed by atoms with Crippen molar-refractivity contribution in [3.05, 3.63) is 33.8 Å². The fourth-order valence-electron chi connectivity index (χ4n) is 1.38. The van der Waals surface area contributed by atoms with E-state index in [9.17, 15) is 9.59 Å². The van der Waals surface area contributed by atoms with E-state index < -0.39 is 0 Å². The second-order valence-electron chi connectivity index (χ2n) is 3.23. The second kappa shape index (κ2) is 6.43. The highest BCUT2D eigenvalue weighted by Gasteiger charge is 2.12. The smallest absolute Gasteiger partial charge is 0.338 e. The molecule has 0 radical (unpaired) electrons. The SMILES string of the molecule is CCOC(=O)c1cc(Br)ccc1CCC=O. The molecule has 0 spiro atoms. The molecule has 0 aliphatic rings. The lowest BCUT2D eigenvalue weighted by Crippen LogP contribution is -2.08. The van der Waals surface area contributed by atoms with E-state index in [-0.39, 0.29) is 5.97 Å². The molecule has 0 unspecified atom stereocenters. The van der Waals surface area contributed by atoms with Crippen molar-refractivity contribution in [2.24, 2.45) is 0 Å². The van der Waals surface area contributed by atoms with Gasteiger partial charge in [-0.05, 0) is 31.0 Å². The molecule has 0 aliphatic carbocycles. The first kappa shape index (κ1) is 12.9. The fourth-order valence-corrected chi connectivity index (χ4v) is 1.74. The molecule has 0 fully saturated rings. The number of benzene rings is 1. The van der Waals surface area contributed by atoms with E-state index in [1.807, 2.05) is 12.1 Å². The quantitative estimate of drug-likeness (QED) is 0.617. The van der Waals surface area contributed by atoms with Gasteiger partial charge in [0.15, 0.2) is 0 Å². The summed E-state index contributed by atoms with van der Waals surface area (Å²) < 4.78 is 5.78. The monoisotopic (exact) mass is 284 g/mol. The molecule has 0 bridgehead atoms. The molecule has 0 saturated carbocycles. The summed E-state index contributed by atoms with van der Waals surface area (Å²) in [5, 5.41) is 0. The zero-order valence-electron chi connectivity index (χ0n) is 9.03. The summed E-state index contributed by atoms with van der Waals surface area (Å²) in [7, 11) is 0. The topological polar surface area (TPSA) is 43.4 Å². The van der Waals surface area contributed by atoms with Crippen LogP contribution in [0.3, 0.4) is 0 Å². The van der Waals surface area contributed by atoms with Gasteiger partial charge in [-0.3, -0.25) is 0 Å². The molecule has 0 atom stereocenters. The van der Waals surface area contributed by atoms with Crippen molar-refractivity contribution in [3.63, 3.8) is 0 Å². The highest BCUT2D eigenvalue weighted by molar-refractivity contribution is 9.10. The zero-order valence-corrected chi connectivity index (χ0v) is 10.6. The zero-order chi connectivity index (χ0) is 12.0. The largest absolute Gasteiger partial charge is 0.462 e. The number of halogens is 1. The summed E-state index contributed by atoms with van der Waals surface area (Å²) in [5.74, 6) is -0.343. The van der Waals surface area contributed by atoms with Crippen LogP contribution in [0.15, 0.2) is 22.7 Å². The molecule has 3 nitrogen and oxygen atoms in total. The second-order valence-corrected chi connectivity index (χ2v) is 4.14. The summed E-state index contributed by atoms with van der Waals surface area (Å²) in [5.41, 5.74) is 1.37. The fraction of sp³-hybridized carbons (Fsp3) is 0.333. The number of aryl methyl sites for hydroxylation is 1. The van der Waals surface area contributed by atoms with Crippen LogP contribution < -0.4 is 0 Å². The standard InChI is InChI=1S/C12H13BrO3/c1-2-16-12(15)11-8-10(13)6-5-9(11)4-3-7-14/h5-8H,2-4H2,1H3. The Hall–Kier alpha value is -1.16. The van der Waals surface area contributed by atoms with E-state index in [4.69, 9.17) is 4.74 Å². The molecule has 1 aromatic rings. The lowest BCUT2D eigenvalue weighted by Gasteiger charge is -2.08. The Bertz CT molecular complexity index is 388. The summed E-state index contributed by atoms with van der Waals surface area (Å²) in [6, 6.07) is 5.40. The van der Waals surface area contributed by atoms with Crippen molar-refractivity contribution >= 4 is 28.2 Å². The van der Waals surface area contributed by atoms with Gasteiger partial charge in [0.1, 0.15) is 6.29 Å². The van der Waals surface area contributed by atoms with Crippen LogP contribution in [0.1, 0.15) is 29.3 Å². The normalized spacial score (nSPS) is 9.88. The maximum atomic E-state index is 11.6. The van der Waals surface area contributed by atoms with Gasteiger partial charge in [0, 0.05) is 10.9 Å². The van der Waals surface area contributed by atoms with Crippen molar-refractivity contribution in [3.8, 4) is 0 Å². The van der Waals surface area contributed by atoms with Crippen molar-refractivity contribution in [1.82, 2.24) is 0 Å². The third-order valence-corrected chi connectivity index (χ3v) is 2.59. The Morgan fingerprint density at radius 1 is 1.50 bits per heavy atom. The van der Waals surface area contributed by atoms with E-state index in [0.29, 0.717) is 25.0 Å². The molecule has 1 rings (SSSR count). The number of esters is 1. The summed E-state index contributed by atoms with van der Waals surface area (Å²) in [4.78, 5) is 22.0. The minimum Gasteiger partial charge on any atom is -0.462 e. The van der Waals surface area contributed by atoms with Gasteiger partial charge < -0.3 is 9.53 Å². The first-order valence-corrected chi connectivity index (χ1v) is 5.87. The number of carbonyl (C=O) groups excluding carboxylic acids is 2. The maximum absolute atomic E-state index is 11.6. The Kier molecular flexibility index (Phi) is 5.19. The van der Waals surface area contributed by atoms with E-state index in [1.165, 1.54) is 0 Å². The molecule has 1 aromatic carbocycles. The van der Waals surface area contributed by atoms with Crippen LogP contribution in [0.2, 0.25) is 0 Å². The van der Waals surface area contributed by atoms with E-state index in [1.54, 1.807) is 13.0 Å². The lowest BCUT2D eigenvalue weighted by molar-refractivity contribution is -0.107. The lowest BCUT2D eigenvalue weighted by atomic mass is 10.0. The number of rotatable bonds is 5. The van der Waals surface area contributed by atoms with Gasteiger partial charge in [-0.15, -0.1) is 0 Å². The molecule has 0 saturated heterocycles. The van der Waals surface area contributed by atoms with E-state index in [0.717, 1.165) is 16.3 Å². The van der Waals surface area contributed by atoms with Crippen molar-refractivity contribution in [1.29, 1.82) is 0 Å². The van der Waals surface area contributed by atoms with Crippen LogP contribution in [-0.2, 0) is 16.0 Å². The van der Waals surface area contributed by atoms with Crippen LogP contribution in [-0.4, -0.2) is 18.9 Å². The van der Waals surface area contributed by atoms with Crippen molar-refractivity contribution < 1.29 is 14.3 Å². The van der Waals surface area contributed by atoms with Crippen LogP contribution >= 0.6 is 15.9 Å². The molecule has 86 valence electrons. The van der Waals surface area contributed by atoms with Gasteiger partial charge in [0.25, 0.3) is 0 Å². The van der Waals surface area contributed by atoms with E-state index in [2.05, 4.69) is 15.9 Å². The Balaban J connectivity index is 2.97. The first-order chi connectivity index (χ1) is 7.69. The number of hydrogen-bond acceptors (Lipinski definition) is 3. The predicted molar refractivity (Wildman–Crippen MR) is 64.5 cm³/mol. The molecular weight excluding hydrogens is 272 g/mol. The summed E-state index contributed by atoms with van der Waals surface area (Å²) in [6.07, 6.45) is 1.82. The molecule has 16 heavy (non-hydrogen) atoms. The summed E-state index contributed by atoms with van der Waals surface area (Å²) in [6.45, 7) is 2.11. The molecule has 0 N–H and O–H groups in total. The van der Waals surface area contributed by atoms with Gasteiger partial charge in [-0.1, -0.05) is 22.0 Å². The highest BCUT2D eigenvalue weighted by Crippen LogP contribution is 2.18. The molecule has 4 heteroatoms. The third kappa shape index (κ3) is 3.45. The highest BCUT2D eigenvalue weighted by atomic mass is 79.9. The molecule has 0 aliphatic heterocycles. The molecule has 0 aromatic heterocycles. The van der Waals surface area contributed by atoms with Crippen molar-refractivity contribution in [2.45, 2.75) is 19.8 Å². The average Bonchev–Trinajstić information content (AvgIpc) is 2.27. The maximum Gasteiger partial charge on any atom is 0.338 e. The van der Waals surface area contributed by atoms with Crippen molar-refractivity contribution in [2.75, 3.05) is 6.61 Å². The number of hydrogen-bond donors (Lipinski definition) is 0. The van der Waals surface area contributed by atoms with Gasteiger partial charge in [-0.25, -0.2) is 4.79 Å². The van der Waals surface area contributed by atoms with Crippen LogP contribution in [0, 0.1) is 0 Å². The third-order valence-electron chi connectivity index (χ3n) is 2.10. The number of aldehydes is 1. The number of carbonyl (C=O) groups is 2. The van der Waals surface area contributed by atoms with Gasteiger partial charge >= 0.3 is 5.97 Å².